The largest absolute Gasteiger partial charge is 0.497 e. The molecule has 1 aromatic carbocycles. The van der Waals surface area contributed by atoms with Crippen molar-refractivity contribution in [2.45, 2.75) is 25.0 Å². The third-order valence-electron chi connectivity index (χ3n) is 3.49. The van der Waals surface area contributed by atoms with Crippen LogP contribution in [0.3, 0.4) is 0 Å². The number of nitrogens with two attached hydrogens (primary N) is 1. The molecule has 3 rings (SSSR count). The number of hydrogen-bond acceptors (Lipinski definition) is 5. The van der Waals surface area contributed by atoms with Crippen LogP contribution < -0.4 is 10.5 Å². The van der Waals surface area contributed by atoms with Crippen LogP contribution >= 0.6 is 0 Å². The Hall–Kier alpha value is -1.92. The van der Waals surface area contributed by atoms with Crippen molar-refractivity contribution in [1.29, 1.82) is 0 Å². The molecule has 1 saturated heterocycles. The van der Waals surface area contributed by atoms with Gasteiger partial charge < -0.3 is 15.2 Å². The number of aromatic nitrogens is 3. The molecule has 0 saturated carbocycles. The molecule has 2 aromatic rings. The lowest BCUT2D eigenvalue weighted by Crippen LogP contribution is -2.14. The minimum absolute atomic E-state index is 0.0220. The van der Waals surface area contributed by atoms with Crippen LogP contribution in [0.25, 0.3) is 0 Å². The van der Waals surface area contributed by atoms with Crippen molar-refractivity contribution < 1.29 is 9.47 Å². The smallest absolute Gasteiger partial charge is 0.171 e. The molecule has 6 nitrogen and oxygen atoms in total. The molecule has 3 N–H and O–H groups in total. The van der Waals surface area contributed by atoms with Gasteiger partial charge >= 0.3 is 0 Å². The number of H-pyrrole nitrogens is 1. The van der Waals surface area contributed by atoms with Crippen molar-refractivity contribution >= 4 is 0 Å². The molecule has 1 aromatic heterocycles. The highest BCUT2D eigenvalue weighted by Crippen LogP contribution is 2.27. The summed E-state index contributed by atoms with van der Waals surface area (Å²) in [7, 11) is 1.63. The van der Waals surface area contributed by atoms with Crippen LogP contribution in [-0.2, 0) is 4.74 Å². The van der Waals surface area contributed by atoms with Crippen molar-refractivity contribution in [2.24, 2.45) is 5.73 Å². The van der Waals surface area contributed by atoms with Crippen LogP contribution in [0.15, 0.2) is 24.3 Å². The summed E-state index contributed by atoms with van der Waals surface area (Å²) in [5, 5.41) is 7.14. The maximum Gasteiger partial charge on any atom is 0.171 e. The zero-order chi connectivity index (χ0) is 13.9. The molecule has 6 heteroatoms. The second-order valence-electron chi connectivity index (χ2n) is 4.83. The van der Waals surface area contributed by atoms with E-state index in [2.05, 4.69) is 15.2 Å². The van der Waals surface area contributed by atoms with Gasteiger partial charge in [-0.05, 0) is 30.5 Å². The maximum atomic E-state index is 6.21. The first kappa shape index (κ1) is 13.1. The number of ether oxygens (including phenoxy) is 2. The molecule has 1 fully saturated rings. The quantitative estimate of drug-likeness (QED) is 0.886. The number of nitrogens with zero attached hydrogens (tertiary/aromatic N) is 2. The summed E-state index contributed by atoms with van der Waals surface area (Å²) >= 11 is 0. The second-order valence-corrected chi connectivity index (χ2v) is 4.83. The molecule has 2 heterocycles. The van der Waals surface area contributed by atoms with Gasteiger partial charge in [0.05, 0.1) is 13.2 Å². The molecule has 0 bridgehead atoms. The topological polar surface area (TPSA) is 86.0 Å². The van der Waals surface area contributed by atoms with E-state index < -0.39 is 0 Å². The first-order valence-corrected chi connectivity index (χ1v) is 6.71. The van der Waals surface area contributed by atoms with Crippen LogP contribution in [0.2, 0.25) is 0 Å². The van der Waals surface area contributed by atoms with Gasteiger partial charge in [0.2, 0.25) is 0 Å². The zero-order valence-corrected chi connectivity index (χ0v) is 11.4. The van der Waals surface area contributed by atoms with E-state index in [-0.39, 0.29) is 12.1 Å². The van der Waals surface area contributed by atoms with E-state index in [1.165, 1.54) is 0 Å². The van der Waals surface area contributed by atoms with E-state index in [4.69, 9.17) is 15.2 Å². The molecular formula is C14H18N4O2. The van der Waals surface area contributed by atoms with E-state index in [0.29, 0.717) is 5.82 Å². The Bertz CT molecular complexity index is 578. The molecule has 2 unspecified atom stereocenters. The Morgan fingerprint density at radius 2 is 2.40 bits per heavy atom. The molecule has 106 valence electrons. The first-order valence-electron chi connectivity index (χ1n) is 6.71. The standard InChI is InChI=1S/C14H18N4O2/c1-19-10-5-2-4-9(8-10)12(15)14-16-13(17-18-14)11-6-3-7-20-11/h2,4-5,8,11-12H,3,6-7,15H2,1H3,(H,16,17,18). The summed E-state index contributed by atoms with van der Waals surface area (Å²) < 4.78 is 10.8. The summed E-state index contributed by atoms with van der Waals surface area (Å²) in [5.41, 5.74) is 7.13. The van der Waals surface area contributed by atoms with Crippen molar-refractivity contribution in [2.75, 3.05) is 13.7 Å². The van der Waals surface area contributed by atoms with Crippen molar-refractivity contribution in [3.63, 3.8) is 0 Å². The van der Waals surface area contributed by atoms with Crippen molar-refractivity contribution in [3.8, 4) is 5.75 Å². The van der Waals surface area contributed by atoms with Crippen LogP contribution in [0.1, 0.15) is 42.2 Å². The average Bonchev–Trinajstić information content (AvgIpc) is 3.17. The van der Waals surface area contributed by atoms with Gasteiger partial charge in [0.1, 0.15) is 11.9 Å². The van der Waals surface area contributed by atoms with Crippen molar-refractivity contribution in [1.82, 2.24) is 15.2 Å². The number of rotatable bonds is 4. The van der Waals surface area contributed by atoms with Crippen molar-refractivity contribution in [3.05, 3.63) is 41.5 Å². The van der Waals surface area contributed by atoms with Crippen LogP contribution in [0.5, 0.6) is 5.75 Å². The normalized spacial score (nSPS) is 20.0. The summed E-state index contributed by atoms with van der Waals surface area (Å²) in [6.45, 7) is 0.780. The van der Waals surface area contributed by atoms with E-state index in [9.17, 15) is 0 Å². The van der Waals surface area contributed by atoms with E-state index in [0.717, 1.165) is 36.6 Å². The molecule has 0 spiro atoms. The maximum absolute atomic E-state index is 6.21. The van der Waals surface area contributed by atoms with Gasteiger partial charge in [-0.3, -0.25) is 5.10 Å². The highest BCUT2D eigenvalue weighted by molar-refractivity contribution is 5.32. The first-order chi connectivity index (χ1) is 9.78. The SMILES string of the molecule is COc1cccc(C(N)c2n[nH]c(C3CCCO3)n2)c1. The minimum atomic E-state index is -0.378. The summed E-state index contributed by atoms with van der Waals surface area (Å²) in [5.74, 6) is 2.10. The third kappa shape index (κ3) is 2.52. The highest BCUT2D eigenvalue weighted by Gasteiger charge is 2.23. The van der Waals surface area contributed by atoms with Gasteiger partial charge in [0, 0.05) is 6.61 Å². The Labute approximate surface area is 117 Å². The van der Waals surface area contributed by atoms with Gasteiger partial charge in [0.25, 0.3) is 0 Å². The molecule has 0 amide bonds. The molecule has 1 aliphatic rings. The van der Waals surface area contributed by atoms with Crippen LogP contribution in [0.4, 0.5) is 0 Å². The summed E-state index contributed by atoms with van der Waals surface area (Å²) in [4.78, 5) is 4.47. The van der Waals surface area contributed by atoms with Gasteiger partial charge in [0.15, 0.2) is 11.6 Å². The number of nitrogens with one attached hydrogen (secondary N) is 1. The minimum Gasteiger partial charge on any atom is -0.497 e. The molecule has 2 atom stereocenters. The number of aromatic amines is 1. The average molecular weight is 274 g/mol. The van der Waals surface area contributed by atoms with Gasteiger partial charge in [-0.2, -0.15) is 5.10 Å². The Morgan fingerprint density at radius 1 is 1.50 bits per heavy atom. The van der Waals surface area contributed by atoms with Gasteiger partial charge in [-0.15, -0.1) is 0 Å². The molecule has 0 aliphatic carbocycles. The van der Waals surface area contributed by atoms with Crippen LogP contribution in [0, 0.1) is 0 Å². The summed E-state index contributed by atoms with van der Waals surface area (Å²) in [6, 6.07) is 7.24. The zero-order valence-electron chi connectivity index (χ0n) is 11.4. The highest BCUT2D eigenvalue weighted by atomic mass is 16.5. The van der Waals surface area contributed by atoms with Crippen LogP contribution in [-0.4, -0.2) is 28.9 Å². The lowest BCUT2D eigenvalue weighted by atomic mass is 10.1. The predicted octanol–water partition coefficient (Wildman–Crippen LogP) is 1.71. The molecule has 20 heavy (non-hydrogen) atoms. The molecule has 0 radical (unpaired) electrons. The number of benzene rings is 1. The lowest BCUT2D eigenvalue weighted by Gasteiger charge is -2.09. The number of hydrogen-bond donors (Lipinski definition) is 2. The van der Waals surface area contributed by atoms with E-state index >= 15 is 0 Å². The third-order valence-corrected chi connectivity index (χ3v) is 3.49. The number of methoxy groups -OCH3 is 1. The van der Waals surface area contributed by atoms with E-state index in [1.54, 1.807) is 7.11 Å². The monoisotopic (exact) mass is 274 g/mol. The Morgan fingerprint density at radius 3 is 3.15 bits per heavy atom. The Balaban J connectivity index is 1.80. The Kier molecular flexibility index (Phi) is 3.66. The fraction of sp³-hybridized carbons (Fsp3) is 0.429. The molecule has 1 aliphatic heterocycles. The lowest BCUT2D eigenvalue weighted by molar-refractivity contribution is 0.105. The molecular weight excluding hydrogens is 256 g/mol. The van der Waals surface area contributed by atoms with Gasteiger partial charge in [-0.1, -0.05) is 12.1 Å². The fourth-order valence-electron chi connectivity index (χ4n) is 2.35. The second kappa shape index (κ2) is 5.60. The van der Waals surface area contributed by atoms with Gasteiger partial charge in [-0.25, -0.2) is 4.98 Å². The van der Waals surface area contributed by atoms with E-state index in [1.807, 2.05) is 24.3 Å². The fourth-order valence-corrected chi connectivity index (χ4v) is 2.35. The summed E-state index contributed by atoms with van der Waals surface area (Å²) in [6.07, 6.45) is 2.06. The predicted molar refractivity (Wildman–Crippen MR) is 73.3 cm³/mol.